The number of benzene rings is 2. The van der Waals surface area contributed by atoms with Gasteiger partial charge in [-0.2, -0.15) is 0 Å². The second-order valence-electron chi connectivity index (χ2n) is 7.37. The lowest BCUT2D eigenvalue weighted by atomic mass is 10.1. The molecule has 4 rings (SSSR count). The lowest BCUT2D eigenvalue weighted by molar-refractivity contribution is -0.122. The largest absolute Gasteiger partial charge is 0.460 e. The quantitative estimate of drug-likeness (QED) is 0.168. The molecule has 6 nitrogen and oxygen atoms in total. The Labute approximate surface area is 207 Å². The highest BCUT2D eigenvalue weighted by Gasteiger charge is 2.32. The van der Waals surface area contributed by atoms with Crippen LogP contribution in [0.5, 0.6) is 0 Å². The predicted octanol–water partition coefficient (Wildman–Crippen LogP) is 5.54. The van der Waals surface area contributed by atoms with Crippen molar-refractivity contribution in [3.8, 4) is 11.3 Å². The summed E-state index contributed by atoms with van der Waals surface area (Å²) >= 11 is 6.68. The van der Waals surface area contributed by atoms with E-state index in [4.69, 9.17) is 26.1 Å². The first-order valence-corrected chi connectivity index (χ1v) is 12.0. The molecule has 1 amide bonds. The molecule has 1 fully saturated rings. The second kappa shape index (κ2) is 11.3. The molecule has 1 aromatic heterocycles. The van der Waals surface area contributed by atoms with Gasteiger partial charge < -0.3 is 13.9 Å². The van der Waals surface area contributed by atoms with Gasteiger partial charge >= 0.3 is 5.97 Å². The van der Waals surface area contributed by atoms with Gasteiger partial charge in [0.15, 0.2) is 0 Å². The van der Waals surface area contributed by atoms with E-state index in [9.17, 15) is 9.59 Å². The molecule has 1 aliphatic heterocycles. The molecule has 3 aromatic rings. The van der Waals surface area contributed by atoms with Crippen molar-refractivity contribution >= 4 is 46.3 Å². The Hall–Kier alpha value is -3.20. The molecule has 0 N–H and O–H groups in total. The number of rotatable bonds is 9. The number of hydrogen-bond acceptors (Lipinski definition) is 7. The van der Waals surface area contributed by atoms with Crippen LogP contribution in [0.3, 0.4) is 0 Å². The number of thioether (sulfide) groups is 1. The fourth-order valence-electron chi connectivity index (χ4n) is 3.31. The Morgan fingerprint density at radius 2 is 1.82 bits per heavy atom. The molecule has 0 spiro atoms. The third kappa shape index (κ3) is 5.83. The predicted molar refractivity (Wildman–Crippen MR) is 136 cm³/mol. The summed E-state index contributed by atoms with van der Waals surface area (Å²) in [5, 5.41) is 0. The highest BCUT2D eigenvalue weighted by Crippen LogP contribution is 2.34. The van der Waals surface area contributed by atoms with Crippen molar-refractivity contribution in [2.24, 2.45) is 0 Å². The van der Waals surface area contributed by atoms with Crippen LogP contribution in [-0.2, 0) is 20.8 Å². The molecule has 0 radical (unpaired) electrons. The number of furan rings is 1. The van der Waals surface area contributed by atoms with Gasteiger partial charge in [-0.05, 0) is 36.8 Å². The first-order chi connectivity index (χ1) is 16.5. The average Bonchev–Trinajstić information content (AvgIpc) is 3.43. The number of nitrogens with zero attached hydrogens (tertiary/aromatic N) is 1. The molecule has 2 aromatic carbocycles. The Bertz CT molecular complexity index is 1200. The van der Waals surface area contributed by atoms with Crippen LogP contribution in [0, 0.1) is 0 Å². The first kappa shape index (κ1) is 23.9. The van der Waals surface area contributed by atoms with Gasteiger partial charge in [0.25, 0.3) is 5.91 Å². The topological polar surface area (TPSA) is 69.0 Å². The van der Waals surface area contributed by atoms with E-state index in [0.29, 0.717) is 46.1 Å². The van der Waals surface area contributed by atoms with E-state index in [-0.39, 0.29) is 12.5 Å². The molecule has 2 heterocycles. The smallest absolute Gasteiger partial charge is 0.338 e. The summed E-state index contributed by atoms with van der Waals surface area (Å²) in [5.74, 6) is 0.643. The zero-order chi connectivity index (χ0) is 23.9. The van der Waals surface area contributed by atoms with Gasteiger partial charge in [0, 0.05) is 18.2 Å². The van der Waals surface area contributed by atoms with E-state index in [1.807, 2.05) is 43.3 Å². The average molecular weight is 494 g/mol. The molecule has 1 aliphatic rings. The summed E-state index contributed by atoms with van der Waals surface area (Å²) in [5.41, 5.74) is 2.28. The van der Waals surface area contributed by atoms with Crippen molar-refractivity contribution in [3.63, 3.8) is 0 Å². The van der Waals surface area contributed by atoms with Crippen molar-refractivity contribution in [2.45, 2.75) is 13.5 Å². The van der Waals surface area contributed by atoms with Crippen molar-refractivity contribution in [1.82, 2.24) is 4.90 Å². The molecule has 0 bridgehead atoms. The van der Waals surface area contributed by atoms with Gasteiger partial charge in [0.1, 0.15) is 22.4 Å². The number of hydrogen-bond donors (Lipinski definition) is 0. The third-order valence-electron chi connectivity index (χ3n) is 5.03. The number of thiocarbonyl (C=S) groups is 1. The van der Waals surface area contributed by atoms with Crippen LogP contribution in [0.15, 0.2) is 76.1 Å². The minimum atomic E-state index is -0.399. The number of carbonyl (C=O) groups is 2. The molecule has 174 valence electrons. The summed E-state index contributed by atoms with van der Waals surface area (Å²) in [6.07, 6.45) is 1.71. The molecular weight excluding hydrogens is 470 g/mol. The van der Waals surface area contributed by atoms with Crippen LogP contribution in [0.1, 0.15) is 28.6 Å². The summed E-state index contributed by atoms with van der Waals surface area (Å²) < 4.78 is 16.8. The minimum absolute atomic E-state index is 0.135. The maximum Gasteiger partial charge on any atom is 0.338 e. The van der Waals surface area contributed by atoms with Crippen LogP contribution in [0.25, 0.3) is 17.4 Å². The number of ether oxygens (including phenoxy) is 2. The monoisotopic (exact) mass is 493 g/mol. The van der Waals surface area contributed by atoms with E-state index >= 15 is 0 Å². The molecule has 0 saturated carbocycles. The fraction of sp³-hybridized carbons (Fsp3) is 0.192. The molecule has 34 heavy (non-hydrogen) atoms. The van der Waals surface area contributed by atoms with Crippen LogP contribution >= 0.6 is 24.0 Å². The van der Waals surface area contributed by atoms with Gasteiger partial charge in [-0.15, -0.1) is 0 Å². The fourth-order valence-corrected chi connectivity index (χ4v) is 4.54. The maximum absolute atomic E-state index is 12.9. The van der Waals surface area contributed by atoms with Crippen LogP contribution in [-0.4, -0.2) is 40.9 Å². The molecule has 0 atom stereocenters. The summed E-state index contributed by atoms with van der Waals surface area (Å²) in [4.78, 5) is 27.1. The number of carbonyl (C=O) groups excluding carboxylic acids is 2. The van der Waals surface area contributed by atoms with Crippen LogP contribution in [0.2, 0.25) is 0 Å². The van der Waals surface area contributed by atoms with Gasteiger partial charge in [-0.1, -0.05) is 66.4 Å². The van der Waals surface area contributed by atoms with Crippen molar-refractivity contribution in [1.29, 1.82) is 0 Å². The third-order valence-corrected chi connectivity index (χ3v) is 6.41. The maximum atomic E-state index is 12.9. The molecule has 8 heteroatoms. The Morgan fingerprint density at radius 3 is 2.56 bits per heavy atom. The number of esters is 1. The second-order valence-corrected chi connectivity index (χ2v) is 9.04. The summed E-state index contributed by atoms with van der Waals surface area (Å²) in [6, 6.07) is 20.3. The lowest BCUT2D eigenvalue weighted by Gasteiger charge is -2.14. The zero-order valence-corrected chi connectivity index (χ0v) is 20.2. The van der Waals surface area contributed by atoms with E-state index in [2.05, 4.69) is 0 Å². The van der Waals surface area contributed by atoms with Gasteiger partial charge in [0.2, 0.25) is 0 Å². The van der Waals surface area contributed by atoms with Gasteiger partial charge in [-0.25, -0.2) is 4.79 Å². The minimum Gasteiger partial charge on any atom is -0.460 e. The van der Waals surface area contributed by atoms with Crippen LogP contribution < -0.4 is 0 Å². The highest BCUT2D eigenvalue weighted by atomic mass is 32.2. The van der Waals surface area contributed by atoms with Crippen molar-refractivity contribution < 1.29 is 23.5 Å². The Balaban J connectivity index is 1.41. The summed E-state index contributed by atoms with van der Waals surface area (Å²) in [6.45, 7) is 3.50. The normalized spacial score (nSPS) is 14.7. The van der Waals surface area contributed by atoms with Crippen molar-refractivity contribution in [2.75, 3.05) is 19.8 Å². The summed E-state index contributed by atoms with van der Waals surface area (Å²) in [7, 11) is 0. The molecule has 0 unspecified atom stereocenters. The number of amides is 1. The van der Waals surface area contributed by atoms with Crippen LogP contribution in [0.4, 0.5) is 0 Å². The SMILES string of the molecule is CCOCCOC(=O)c1ccc(-c2ccc(/C=C3/SC(=S)N(Cc4ccccc4)C3=O)o2)cc1. The van der Waals surface area contributed by atoms with E-state index < -0.39 is 5.97 Å². The van der Waals surface area contributed by atoms with E-state index in [1.54, 1.807) is 41.3 Å². The van der Waals surface area contributed by atoms with E-state index in [0.717, 1.165) is 11.1 Å². The van der Waals surface area contributed by atoms with Gasteiger partial charge in [0.05, 0.1) is 23.6 Å². The molecular formula is C26H23NO5S2. The zero-order valence-electron chi connectivity index (χ0n) is 18.6. The van der Waals surface area contributed by atoms with E-state index in [1.165, 1.54) is 11.8 Å². The Kier molecular flexibility index (Phi) is 7.95. The molecule has 0 aliphatic carbocycles. The van der Waals surface area contributed by atoms with Gasteiger partial charge in [-0.3, -0.25) is 9.69 Å². The molecule has 1 saturated heterocycles. The first-order valence-electron chi connectivity index (χ1n) is 10.8. The van der Waals surface area contributed by atoms with Crippen molar-refractivity contribution in [3.05, 3.63) is 88.5 Å². The Morgan fingerprint density at radius 1 is 1.06 bits per heavy atom. The highest BCUT2D eigenvalue weighted by molar-refractivity contribution is 8.26. The standard InChI is InChI=1S/C26H23NO5S2/c1-2-30-14-15-31-25(29)20-10-8-19(9-11-20)22-13-12-21(32-22)16-23-24(28)27(26(33)34-23)17-18-6-4-3-5-7-18/h3-13,16H,2,14-15,17H2,1H3/b23-16+. The lowest BCUT2D eigenvalue weighted by Crippen LogP contribution is -2.27.